The molecular weight excluding hydrogens is 290 g/mol. The second kappa shape index (κ2) is 5.79. The third kappa shape index (κ3) is 4.72. The van der Waals surface area contributed by atoms with Gasteiger partial charge in [0.2, 0.25) is 5.91 Å². The monoisotopic (exact) mass is 303 g/mol. The normalized spacial score (nSPS) is 15.0. The maximum Gasteiger partial charge on any atom is 0.261 e. The first kappa shape index (κ1) is 14.1. The summed E-state index contributed by atoms with van der Waals surface area (Å²) in [4.78, 5) is 11.4. The highest BCUT2D eigenvalue weighted by Gasteiger charge is 2.22. The largest absolute Gasteiger partial charge is 0.493 e. The van der Waals surface area contributed by atoms with E-state index in [2.05, 4.69) is 5.32 Å². The average molecular weight is 304 g/mol. The van der Waals surface area contributed by atoms with Gasteiger partial charge in [0.1, 0.15) is 5.75 Å². The molecule has 5 nitrogen and oxygen atoms in total. The van der Waals surface area contributed by atoms with Crippen molar-refractivity contribution in [2.24, 2.45) is 0 Å². The zero-order valence-electron chi connectivity index (χ0n) is 10.1. The van der Waals surface area contributed by atoms with E-state index in [1.54, 1.807) is 0 Å². The Morgan fingerprint density at radius 3 is 2.47 bits per heavy atom. The number of amides is 1. The van der Waals surface area contributed by atoms with Gasteiger partial charge in [0.25, 0.3) is 9.05 Å². The zero-order valence-corrected chi connectivity index (χ0v) is 11.7. The highest BCUT2D eigenvalue weighted by Crippen LogP contribution is 2.20. The summed E-state index contributed by atoms with van der Waals surface area (Å²) in [5, 5.41) is 2.85. The summed E-state index contributed by atoms with van der Waals surface area (Å²) < 4.78 is 27.4. The lowest BCUT2D eigenvalue weighted by atomic mass is 10.3. The molecule has 7 heteroatoms. The number of rotatable bonds is 6. The van der Waals surface area contributed by atoms with Crippen molar-refractivity contribution >= 4 is 25.6 Å². The Hall–Kier alpha value is -1.27. The lowest BCUT2D eigenvalue weighted by Gasteiger charge is -2.06. The minimum absolute atomic E-state index is 0.0213. The molecule has 1 N–H and O–H groups in total. The van der Waals surface area contributed by atoms with Gasteiger partial charge in [0.05, 0.1) is 17.9 Å². The molecule has 0 bridgehead atoms. The highest BCUT2D eigenvalue weighted by molar-refractivity contribution is 8.13. The molecule has 1 saturated carbocycles. The summed E-state index contributed by atoms with van der Waals surface area (Å²) in [5.41, 5.74) is 0. The van der Waals surface area contributed by atoms with Crippen LogP contribution in [-0.4, -0.2) is 27.0 Å². The Kier molecular flexibility index (Phi) is 4.31. The van der Waals surface area contributed by atoms with E-state index in [1.807, 2.05) is 0 Å². The van der Waals surface area contributed by atoms with Crippen LogP contribution in [0.25, 0.3) is 0 Å². The van der Waals surface area contributed by atoms with Gasteiger partial charge in [-0.25, -0.2) is 8.42 Å². The first-order chi connectivity index (χ1) is 8.95. The topological polar surface area (TPSA) is 72.5 Å². The number of carbonyl (C=O) groups excluding carboxylic acids is 1. The molecule has 2 rings (SSSR count). The van der Waals surface area contributed by atoms with E-state index in [1.165, 1.54) is 24.3 Å². The van der Waals surface area contributed by atoms with Crippen LogP contribution in [-0.2, 0) is 13.8 Å². The van der Waals surface area contributed by atoms with Crippen LogP contribution >= 0.6 is 10.7 Å². The summed E-state index contributed by atoms with van der Waals surface area (Å²) in [6.45, 7) is 0.255. The van der Waals surface area contributed by atoms with Crippen molar-refractivity contribution in [1.29, 1.82) is 0 Å². The average Bonchev–Trinajstić information content (AvgIpc) is 3.12. The lowest BCUT2D eigenvalue weighted by Crippen LogP contribution is -2.26. The third-order valence-electron chi connectivity index (χ3n) is 2.65. The molecule has 19 heavy (non-hydrogen) atoms. The number of carbonyl (C=O) groups is 1. The smallest absolute Gasteiger partial charge is 0.261 e. The molecule has 1 aromatic rings. The van der Waals surface area contributed by atoms with Gasteiger partial charge in [0.15, 0.2) is 0 Å². The summed E-state index contributed by atoms with van der Waals surface area (Å²) >= 11 is 0. The van der Waals surface area contributed by atoms with Crippen molar-refractivity contribution in [3.8, 4) is 5.75 Å². The van der Waals surface area contributed by atoms with Crippen molar-refractivity contribution in [2.75, 3.05) is 6.61 Å². The number of ether oxygens (including phenoxy) is 1. The van der Waals surface area contributed by atoms with Gasteiger partial charge in [0, 0.05) is 16.7 Å². The molecule has 0 unspecified atom stereocenters. The molecule has 0 saturated heterocycles. The third-order valence-corrected chi connectivity index (χ3v) is 4.02. The van der Waals surface area contributed by atoms with Crippen molar-refractivity contribution < 1.29 is 17.9 Å². The second-order valence-corrected chi connectivity index (χ2v) is 6.92. The van der Waals surface area contributed by atoms with Crippen LogP contribution in [0, 0.1) is 0 Å². The number of nitrogens with one attached hydrogen (secondary N) is 1. The van der Waals surface area contributed by atoms with Crippen LogP contribution in [0.3, 0.4) is 0 Å². The number of hydrogen-bond acceptors (Lipinski definition) is 4. The van der Waals surface area contributed by atoms with Gasteiger partial charge < -0.3 is 10.1 Å². The Labute approximate surface area is 116 Å². The van der Waals surface area contributed by atoms with E-state index in [0.29, 0.717) is 11.8 Å². The van der Waals surface area contributed by atoms with Gasteiger partial charge in [-0.3, -0.25) is 4.79 Å². The van der Waals surface area contributed by atoms with Gasteiger partial charge >= 0.3 is 0 Å². The van der Waals surface area contributed by atoms with Crippen molar-refractivity contribution in [1.82, 2.24) is 5.32 Å². The molecule has 0 aromatic heterocycles. The molecule has 0 aliphatic heterocycles. The lowest BCUT2D eigenvalue weighted by molar-refractivity contribution is -0.121. The molecule has 0 heterocycles. The van der Waals surface area contributed by atoms with Gasteiger partial charge in [-0.1, -0.05) is 0 Å². The number of hydrogen-bond donors (Lipinski definition) is 1. The van der Waals surface area contributed by atoms with E-state index in [-0.39, 0.29) is 23.8 Å². The molecule has 1 aliphatic carbocycles. The molecular formula is C12H14ClNO4S. The van der Waals surface area contributed by atoms with E-state index < -0.39 is 9.05 Å². The van der Waals surface area contributed by atoms with Gasteiger partial charge in [-0.15, -0.1) is 0 Å². The molecule has 1 aliphatic rings. The Morgan fingerprint density at radius 2 is 1.95 bits per heavy atom. The Balaban J connectivity index is 1.78. The maximum absolute atomic E-state index is 11.4. The fourth-order valence-electron chi connectivity index (χ4n) is 1.49. The van der Waals surface area contributed by atoms with Crippen molar-refractivity contribution in [3.63, 3.8) is 0 Å². The summed E-state index contributed by atoms with van der Waals surface area (Å²) in [6, 6.07) is 6.09. The Bertz CT molecular complexity index is 552. The van der Waals surface area contributed by atoms with Crippen LogP contribution < -0.4 is 10.1 Å². The van der Waals surface area contributed by atoms with Gasteiger partial charge in [-0.2, -0.15) is 0 Å². The van der Waals surface area contributed by atoms with E-state index in [9.17, 15) is 13.2 Å². The first-order valence-corrected chi connectivity index (χ1v) is 8.23. The fraction of sp³-hybridized carbons (Fsp3) is 0.417. The zero-order chi connectivity index (χ0) is 13.9. The minimum atomic E-state index is -3.71. The van der Waals surface area contributed by atoms with Gasteiger partial charge in [-0.05, 0) is 37.1 Å². The van der Waals surface area contributed by atoms with Crippen LogP contribution in [0.15, 0.2) is 29.2 Å². The standard InChI is InChI=1S/C12H14ClNO4S/c13-19(16,17)11-5-3-10(4-6-11)18-8-7-12(15)14-9-1-2-9/h3-6,9H,1-2,7-8H2,(H,14,15). The number of halogens is 1. The molecule has 0 radical (unpaired) electrons. The summed E-state index contributed by atoms with van der Waals surface area (Å²) in [6.07, 6.45) is 2.40. The van der Waals surface area contributed by atoms with Crippen LogP contribution in [0.2, 0.25) is 0 Å². The SMILES string of the molecule is O=C(CCOc1ccc(S(=O)(=O)Cl)cc1)NC1CC1. The van der Waals surface area contributed by atoms with E-state index in [4.69, 9.17) is 15.4 Å². The predicted molar refractivity (Wildman–Crippen MR) is 70.8 cm³/mol. The molecule has 0 spiro atoms. The van der Waals surface area contributed by atoms with Crippen LogP contribution in [0.4, 0.5) is 0 Å². The van der Waals surface area contributed by atoms with E-state index >= 15 is 0 Å². The highest BCUT2D eigenvalue weighted by atomic mass is 35.7. The molecule has 1 fully saturated rings. The van der Waals surface area contributed by atoms with Crippen molar-refractivity contribution in [3.05, 3.63) is 24.3 Å². The Morgan fingerprint density at radius 1 is 1.32 bits per heavy atom. The minimum Gasteiger partial charge on any atom is -0.493 e. The quantitative estimate of drug-likeness (QED) is 0.811. The fourth-order valence-corrected chi connectivity index (χ4v) is 2.26. The van der Waals surface area contributed by atoms with E-state index in [0.717, 1.165) is 12.8 Å². The summed E-state index contributed by atoms with van der Waals surface area (Å²) in [7, 11) is 1.48. The maximum atomic E-state index is 11.4. The first-order valence-electron chi connectivity index (χ1n) is 5.92. The van der Waals surface area contributed by atoms with Crippen LogP contribution in [0.5, 0.6) is 5.75 Å². The molecule has 1 amide bonds. The molecule has 104 valence electrons. The summed E-state index contributed by atoms with van der Waals surface area (Å²) in [5.74, 6) is 0.478. The van der Waals surface area contributed by atoms with Crippen molar-refractivity contribution in [2.45, 2.75) is 30.2 Å². The number of benzene rings is 1. The predicted octanol–water partition coefficient (Wildman–Crippen LogP) is 1.66. The molecule has 1 aromatic carbocycles. The second-order valence-electron chi connectivity index (χ2n) is 4.35. The van der Waals surface area contributed by atoms with Crippen LogP contribution in [0.1, 0.15) is 19.3 Å². The molecule has 0 atom stereocenters.